The lowest BCUT2D eigenvalue weighted by atomic mass is 10.0. The van der Waals surface area contributed by atoms with E-state index < -0.39 is 17.6 Å². The number of carbonyl (C=O) groups is 2. The molecule has 0 fully saturated rings. The number of H-pyrrole nitrogens is 1. The quantitative estimate of drug-likeness (QED) is 0.303. The summed E-state index contributed by atoms with van der Waals surface area (Å²) < 4.78 is 19.4. The van der Waals surface area contributed by atoms with Gasteiger partial charge in [-0.15, -0.1) is 0 Å². The molecule has 196 valence electrons. The number of hydrogen-bond acceptors (Lipinski definition) is 8. The molecular formula is C26H21FN8O4. The molecule has 0 spiro atoms. The van der Waals surface area contributed by atoms with Crippen LogP contribution in [0.25, 0.3) is 17.2 Å². The van der Waals surface area contributed by atoms with Crippen LogP contribution in [0.4, 0.5) is 4.39 Å². The van der Waals surface area contributed by atoms with Crippen LogP contribution in [0, 0.1) is 12.7 Å². The number of fused-ring (bicyclic) bond motifs is 2. The number of hydrogen-bond donors (Lipinski definition) is 3. The van der Waals surface area contributed by atoms with E-state index in [1.165, 1.54) is 23.0 Å². The van der Waals surface area contributed by atoms with Crippen LogP contribution in [-0.4, -0.2) is 41.5 Å². The molecule has 3 heterocycles. The van der Waals surface area contributed by atoms with Gasteiger partial charge in [0.1, 0.15) is 23.5 Å². The lowest BCUT2D eigenvalue weighted by Crippen LogP contribution is -2.30. The number of carbonyl (C=O) groups excluding carboxylic acids is 2. The van der Waals surface area contributed by atoms with Gasteiger partial charge < -0.3 is 10.6 Å². The van der Waals surface area contributed by atoms with Crippen molar-refractivity contribution in [3.63, 3.8) is 0 Å². The molecule has 39 heavy (non-hydrogen) atoms. The molecule has 3 N–H and O–H groups in total. The number of nitrogens with zero attached hydrogens (tertiary/aromatic N) is 5. The van der Waals surface area contributed by atoms with Crippen LogP contribution in [0.2, 0.25) is 0 Å². The van der Waals surface area contributed by atoms with E-state index >= 15 is 0 Å². The first-order valence-electron chi connectivity index (χ1n) is 12.1. The molecular weight excluding hydrogens is 507 g/mol. The van der Waals surface area contributed by atoms with Crippen molar-refractivity contribution < 1.29 is 18.5 Å². The summed E-state index contributed by atoms with van der Waals surface area (Å²) in [5.74, 6) is -1.48. The summed E-state index contributed by atoms with van der Waals surface area (Å²) in [6.07, 6.45) is 2.63. The van der Waals surface area contributed by atoms with Gasteiger partial charge in [-0.3, -0.25) is 19.1 Å². The number of rotatable bonds is 6. The molecule has 1 aliphatic rings. The number of benzene rings is 2. The molecule has 1 aliphatic carbocycles. The number of amides is 2. The Balaban J connectivity index is 1.21. The van der Waals surface area contributed by atoms with Gasteiger partial charge in [0.15, 0.2) is 5.82 Å². The van der Waals surface area contributed by atoms with Crippen molar-refractivity contribution in [3.05, 3.63) is 98.8 Å². The maximum Gasteiger partial charge on any atom is 0.439 e. The molecule has 0 bridgehead atoms. The fraction of sp³-hybridized carbons (Fsp3) is 0.192. The number of nitrogens with one attached hydrogen (secondary N) is 3. The summed E-state index contributed by atoms with van der Waals surface area (Å²) in [5, 5.41) is 13.6. The molecule has 13 heteroatoms. The molecule has 0 radical (unpaired) electrons. The van der Waals surface area contributed by atoms with Crippen molar-refractivity contribution in [2.24, 2.45) is 0 Å². The third-order valence-electron chi connectivity index (χ3n) is 6.63. The van der Waals surface area contributed by atoms with Crippen LogP contribution in [0.1, 0.15) is 55.7 Å². The van der Waals surface area contributed by atoms with Gasteiger partial charge in [0, 0.05) is 18.2 Å². The van der Waals surface area contributed by atoms with Gasteiger partial charge in [0.2, 0.25) is 0 Å². The second kappa shape index (κ2) is 9.59. The Kier molecular flexibility index (Phi) is 5.94. The fourth-order valence-corrected chi connectivity index (χ4v) is 4.68. The summed E-state index contributed by atoms with van der Waals surface area (Å²) in [6, 6.07) is 11.2. The normalized spacial score (nSPS) is 14.4. The van der Waals surface area contributed by atoms with Gasteiger partial charge in [-0.25, -0.2) is 14.2 Å². The van der Waals surface area contributed by atoms with Gasteiger partial charge >= 0.3 is 5.76 Å². The van der Waals surface area contributed by atoms with E-state index in [2.05, 4.69) is 40.4 Å². The average Bonchev–Trinajstić information content (AvgIpc) is 3.68. The van der Waals surface area contributed by atoms with Crippen LogP contribution < -0.4 is 16.4 Å². The summed E-state index contributed by atoms with van der Waals surface area (Å²) in [4.78, 5) is 48.4. The summed E-state index contributed by atoms with van der Waals surface area (Å²) in [5.41, 5.74) is 3.95. The molecule has 2 amide bonds. The van der Waals surface area contributed by atoms with Crippen molar-refractivity contribution in [1.29, 1.82) is 0 Å². The van der Waals surface area contributed by atoms with Gasteiger partial charge in [-0.1, -0.05) is 29.4 Å². The smallest absolute Gasteiger partial charge is 0.347 e. The van der Waals surface area contributed by atoms with Crippen molar-refractivity contribution in [2.75, 3.05) is 0 Å². The van der Waals surface area contributed by atoms with Crippen molar-refractivity contribution in [3.8, 4) is 11.4 Å². The second-order valence-corrected chi connectivity index (χ2v) is 9.19. The van der Waals surface area contributed by atoms with Crippen LogP contribution >= 0.6 is 0 Å². The molecule has 12 nitrogen and oxygen atoms in total. The fourth-order valence-electron chi connectivity index (χ4n) is 4.68. The zero-order valence-corrected chi connectivity index (χ0v) is 20.6. The van der Waals surface area contributed by atoms with Crippen molar-refractivity contribution in [2.45, 2.75) is 32.4 Å². The van der Waals surface area contributed by atoms with Crippen molar-refractivity contribution >= 4 is 17.6 Å². The largest absolute Gasteiger partial charge is 0.439 e. The van der Waals surface area contributed by atoms with Crippen LogP contribution in [0.15, 0.2) is 58.1 Å². The van der Waals surface area contributed by atoms with E-state index in [-0.39, 0.29) is 35.6 Å². The Morgan fingerprint density at radius 3 is 2.85 bits per heavy atom. The molecule has 0 saturated carbocycles. The van der Waals surface area contributed by atoms with E-state index in [0.29, 0.717) is 29.8 Å². The Morgan fingerprint density at radius 2 is 2.05 bits per heavy atom. The number of aryl methyl sites for hydroxylation is 2. The predicted molar refractivity (Wildman–Crippen MR) is 134 cm³/mol. The minimum atomic E-state index is -0.633. The van der Waals surface area contributed by atoms with E-state index in [1.54, 1.807) is 25.1 Å². The highest BCUT2D eigenvalue weighted by molar-refractivity contribution is 5.98. The molecule has 0 unspecified atom stereocenters. The lowest BCUT2D eigenvalue weighted by Gasteiger charge is -2.15. The van der Waals surface area contributed by atoms with Gasteiger partial charge in [-0.05, 0) is 54.2 Å². The topological polar surface area (TPSA) is 160 Å². The molecule has 0 aliphatic heterocycles. The zero-order chi connectivity index (χ0) is 27.1. The second-order valence-electron chi connectivity index (χ2n) is 9.19. The number of aromatic nitrogens is 6. The Hall–Kier alpha value is -5.20. The highest BCUT2D eigenvalue weighted by Crippen LogP contribution is 2.33. The maximum absolute atomic E-state index is 13.5. The molecule has 5 aromatic rings. The van der Waals surface area contributed by atoms with Crippen LogP contribution in [0.5, 0.6) is 0 Å². The maximum atomic E-state index is 13.5. The van der Waals surface area contributed by atoms with E-state index in [1.807, 2.05) is 12.1 Å². The van der Waals surface area contributed by atoms with Crippen LogP contribution in [-0.2, 0) is 13.0 Å². The molecule has 2 aromatic carbocycles. The Labute approximate surface area is 219 Å². The Bertz CT molecular complexity index is 1810. The van der Waals surface area contributed by atoms with Gasteiger partial charge in [0.25, 0.3) is 17.6 Å². The van der Waals surface area contributed by atoms with E-state index in [4.69, 9.17) is 0 Å². The first kappa shape index (κ1) is 24.2. The Morgan fingerprint density at radius 1 is 1.18 bits per heavy atom. The van der Waals surface area contributed by atoms with Gasteiger partial charge in [0.05, 0.1) is 6.04 Å². The molecule has 6 rings (SSSR count). The summed E-state index contributed by atoms with van der Waals surface area (Å²) in [6.45, 7) is 1.80. The molecule has 0 saturated heterocycles. The molecule has 1 atom stereocenters. The minimum absolute atomic E-state index is 0.00227. The standard InChI is InChI=1S/C26H21FN8O4/c1-13-8-14(2-6-18(13)27)11-28-23(36)20-10-21(35-25(32-20)29-12-30-35)24(37)31-19-7-4-15-9-16(3-5-17(15)19)22-33-26(38)39-34-22/h2-3,5-6,8-10,12,19H,4,7,11H2,1H3,(H,28,36)(H,31,37)(H,33,34,38)/t19-/m0/s1. The van der Waals surface area contributed by atoms with Crippen LogP contribution in [0.3, 0.4) is 0 Å². The lowest BCUT2D eigenvalue weighted by molar-refractivity contribution is 0.0929. The highest BCUT2D eigenvalue weighted by atomic mass is 19.1. The van der Waals surface area contributed by atoms with Gasteiger partial charge in [-0.2, -0.15) is 14.6 Å². The van der Waals surface area contributed by atoms with E-state index in [0.717, 1.165) is 16.7 Å². The summed E-state index contributed by atoms with van der Waals surface area (Å²) >= 11 is 0. The minimum Gasteiger partial charge on any atom is -0.347 e. The first-order valence-corrected chi connectivity index (χ1v) is 12.1. The number of aromatic amines is 1. The predicted octanol–water partition coefficient (Wildman–Crippen LogP) is 2.26. The van der Waals surface area contributed by atoms with Crippen molar-refractivity contribution in [1.82, 2.24) is 40.4 Å². The van der Waals surface area contributed by atoms with E-state index in [9.17, 15) is 18.8 Å². The first-order chi connectivity index (χ1) is 18.9. The zero-order valence-electron chi connectivity index (χ0n) is 20.6. The third-order valence-corrected chi connectivity index (χ3v) is 6.63. The highest BCUT2D eigenvalue weighted by Gasteiger charge is 2.27. The average molecular weight is 529 g/mol. The third kappa shape index (κ3) is 4.65. The number of halogens is 1. The monoisotopic (exact) mass is 528 g/mol. The SMILES string of the molecule is Cc1cc(CNC(=O)c2cc(C(=O)N[C@H]3CCc4cc(-c5noc(=O)[nH]5)ccc43)n3ncnc3n2)ccc1F. The molecule has 3 aromatic heterocycles. The summed E-state index contributed by atoms with van der Waals surface area (Å²) in [7, 11) is 0.